The molecule has 0 spiro atoms. The van der Waals surface area contributed by atoms with Crippen LogP contribution in [0, 0.1) is 5.82 Å². The number of rotatable bonds is 4. The second-order valence-corrected chi connectivity index (χ2v) is 5.23. The van der Waals surface area contributed by atoms with Gasteiger partial charge in [-0.05, 0) is 17.7 Å². The molecule has 17 heavy (non-hydrogen) atoms. The van der Waals surface area contributed by atoms with Crippen molar-refractivity contribution < 1.29 is 4.39 Å². The number of halogens is 3. The predicted octanol–water partition coefficient (Wildman–Crippen LogP) is 3.17. The van der Waals surface area contributed by atoms with Gasteiger partial charge in [-0.2, -0.15) is 0 Å². The van der Waals surface area contributed by atoms with Crippen molar-refractivity contribution in [1.82, 2.24) is 15.0 Å². The van der Waals surface area contributed by atoms with Gasteiger partial charge in [0.25, 0.3) is 0 Å². The molecular formula is C11H10Br2FN3. The quantitative estimate of drug-likeness (QED) is 0.782. The van der Waals surface area contributed by atoms with Gasteiger partial charge in [0.15, 0.2) is 0 Å². The van der Waals surface area contributed by atoms with Crippen molar-refractivity contribution in [2.75, 3.05) is 5.33 Å². The van der Waals surface area contributed by atoms with Crippen LogP contribution in [0.2, 0.25) is 0 Å². The molecule has 0 atom stereocenters. The van der Waals surface area contributed by atoms with E-state index in [1.54, 1.807) is 10.7 Å². The molecule has 6 heteroatoms. The Labute approximate surface area is 115 Å². The maximum Gasteiger partial charge on any atom is 0.124 e. The summed E-state index contributed by atoms with van der Waals surface area (Å²) in [5, 5.41) is 8.93. The van der Waals surface area contributed by atoms with Crippen LogP contribution >= 0.6 is 31.9 Å². The van der Waals surface area contributed by atoms with E-state index in [2.05, 4.69) is 42.2 Å². The van der Waals surface area contributed by atoms with Crippen molar-refractivity contribution in [2.24, 2.45) is 0 Å². The fourth-order valence-electron chi connectivity index (χ4n) is 1.45. The average molecular weight is 363 g/mol. The third-order valence-corrected chi connectivity index (χ3v) is 3.42. The first-order valence-electron chi connectivity index (χ1n) is 5.08. The molecule has 0 aliphatic heterocycles. The van der Waals surface area contributed by atoms with E-state index in [1.807, 2.05) is 6.20 Å². The lowest BCUT2D eigenvalue weighted by Crippen LogP contribution is -2.01. The third-order valence-electron chi connectivity index (χ3n) is 2.28. The van der Waals surface area contributed by atoms with Gasteiger partial charge in [0.05, 0.1) is 12.2 Å². The largest absolute Gasteiger partial charge is 0.248 e. The Morgan fingerprint density at radius 2 is 2.18 bits per heavy atom. The topological polar surface area (TPSA) is 30.7 Å². The highest BCUT2D eigenvalue weighted by atomic mass is 79.9. The molecule has 0 radical (unpaired) electrons. The first-order chi connectivity index (χ1) is 8.19. The SMILES string of the molecule is Fc1ccc(Cn2cc(CCBr)nn2)c(Br)c1. The lowest BCUT2D eigenvalue weighted by Gasteiger charge is -2.03. The summed E-state index contributed by atoms with van der Waals surface area (Å²) >= 11 is 6.69. The minimum Gasteiger partial charge on any atom is -0.248 e. The Bertz CT molecular complexity index is 513. The van der Waals surface area contributed by atoms with E-state index in [4.69, 9.17) is 0 Å². The van der Waals surface area contributed by atoms with Gasteiger partial charge in [0.2, 0.25) is 0 Å². The lowest BCUT2D eigenvalue weighted by atomic mass is 10.2. The van der Waals surface area contributed by atoms with Gasteiger partial charge < -0.3 is 0 Å². The molecule has 0 fully saturated rings. The summed E-state index contributed by atoms with van der Waals surface area (Å²) < 4.78 is 15.4. The number of aryl methyl sites for hydroxylation is 1. The van der Waals surface area contributed by atoms with Crippen molar-refractivity contribution in [2.45, 2.75) is 13.0 Å². The molecule has 2 aromatic rings. The highest BCUT2D eigenvalue weighted by molar-refractivity contribution is 9.10. The van der Waals surface area contributed by atoms with Crippen molar-refractivity contribution in [3.05, 3.63) is 45.9 Å². The second-order valence-electron chi connectivity index (χ2n) is 3.58. The standard InChI is InChI=1S/C11H10Br2FN3/c12-4-3-10-7-17(16-15-10)6-8-1-2-9(14)5-11(8)13/h1-2,5,7H,3-4,6H2. The predicted molar refractivity (Wildman–Crippen MR) is 70.7 cm³/mol. The molecule has 0 amide bonds. The highest BCUT2D eigenvalue weighted by Crippen LogP contribution is 2.18. The summed E-state index contributed by atoms with van der Waals surface area (Å²) in [6, 6.07) is 4.63. The van der Waals surface area contributed by atoms with Gasteiger partial charge in [-0.25, -0.2) is 9.07 Å². The van der Waals surface area contributed by atoms with Gasteiger partial charge in [0, 0.05) is 22.4 Å². The molecule has 1 heterocycles. The Kier molecular flexibility index (Phi) is 4.28. The van der Waals surface area contributed by atoms with Crippen molar-refractivity contribution in [3.8, 4) is 0 Å². The fourth-order valence-corrected chi connectivity index (χ4v) is 2.33. The first-order valence-corrected chi connectivity index (χ1v) is 6.99. The smallest absolute Gasteiger partial charge is 0.124 e. The van der Waals surface area contributed by atoms with Crippen LogP contribution < -0.4 is 0 Å². The first kappa shape index (κ1) is 12.7. The van der Waals surface area contributed by atoms with Crippen LogP contribution in [-0.4, -0.2) is 20.3 Å². The molecule has 2 rings (SSSR count). The number of hydrogen-bond acceptors (Lipinski definition) is 2. The van der Waals surface area contributed by atoms with Crippen LogP contribution in [0.4, 0.5) is 4.39 Å². The summed E-state index contributed by atoms with van der Waals surface area (Å²) in [7, 11) is 0. The van der Waals surface area contributed by atoms with Gasteiger partial charge >= 0.3 is 0 Å². The zero-order valence-corrected chi connectivity index (χ0v) is 12.1. The van der Waals surface area contributed by atoms with Crippen molar-refractivity contribution >= 4 is 31.9 Å². The number of benzene rings is 1. The van der Waals surface area contributed by atoms with Crippen LogP contribution in [0.1, 0.15) is 11.3 Å². The molecule has 3 nitrogen and oxygen atoms in total. The molecule has 90 valence electrons. The van der Waals surface area contributed by atoms with Crippen molar-refractivity contribution in [1.29, 1.82) is 0 Å². The Hall–Kier alpha value is -0.750. The maximum atomic E-state index is 12.9. The van der Waals surface area contributed by atoms with Crippen LogP contribution in [0.25, 0.3) is 0 Å². The molecule has 0 aliphatic carbocycles. The van der Waals surface area contributed by atoms with Gasteiger partial charge in [0.1, 0.15) is 5.82 Å². The zero-order chi connectivity index (χ0) is 12.3. The van der Waals surface area contributed by atoms with E-state index in [-0.39, 0.29) is 5.82 Å². The molecule has 0 unspecified atom stereocenters. The van der Waals surface area contributed by atoms with Gasteiger partial charge in [-0.3, -0.25) is 0 Å². The third kappa shape index (κ3) is 3.35. The Balaban J connectivity index is 2.13. The van der Waals surface area contributed by atoms with E-state index in [0.29, 0.717) is 6.54 Å². The molecule has 1 aromatic heterocycles. The summed E-state index contributed by atoms with van der Waals surface area (Å²) in [5.41, 5.74) is 1.92. The maximum absolute atomic E-state index is 12.9. The number of alkyl halides is 1. The van der Waals surface area contributed by atoms with Crippen molar-refractivity contribution in [3.63, 3.8) is 0 Å². The minimum atomic E-state index is -0.251. The lowest BCUT2D eigenvalue weighted by molar-refractivity contribution is 0.619. The van der Waals surface area contributed by atoms with E-state index in [9.17, 15) is 4.39 Å². The minimum absolute atomic E-state index is 0.251. The molecule has 1 aromatic carbocycles. The van der Waals surface area contributed by atoms with E-state index in [0.717, 1.165) is 27.5 Å². The number of nitrogens with zero attached hydrogens (tertiary/aromatic N) is 3. The van der Waals surface area contributed by atoms with E-state index < -0.39 is 0 Å². The zero-order valence-electron chi connectivity index (χ0n) is 8.91. The van der Waals surface area contributed by atoms with Gasteiger partial charge in [-0.15, -0.1) is 5.10 Å². The summed E-state index contributed by atoms with van der Waals surface area (Å²) in [6.45, 7) is 0.580. The van der Waals surface area contributed by atoms with Gasteiger partial charge in [-0.1, -0.05) is 43.1 Å². The normalized spacial score (nSPS) is 10.8. The highest BCUT2D eigenvalue weighted by Gasteiger charge is 2.05. The van der Waals surface area contributed by atoms with Crippen LogP contribution in [-0.2, 0) is 13.0 Å². The molecule has 0 aliphatic rings. The molecular weight excluding hydrogens is 353 g/mol. The number of hydrogen-bond donors (Lipinski definition) is 0. The Morgan fingerprint density at radius 1 is 1.35 bits per heavy atom. The average Bonchev–Trinajstić information content (AvgIpc) is 2.71. The molecule has 0 N–H and O–H groups in total. The number of aromatic nitrogens is 3. The summed E-state index contributed by atoms with van der Waals surface area (Å²) in [4.78, 5) is 0. The van der Waals surface area contributed by atoms with E-state index in [1.165, 1.54) is 12.1 Å². The van der Waals surface area contributed by atoms with Crippen LogP contribution in [0.15, 0.2) is 28.9 Å². The van der Waals surface area contributed by atoms with Crippen LogP contribution in [0.3, 0.4) is 0 Å². The second kappa shape index (κ2) is 5.73. The van der Waals surface area contributed by atoms with Crippen LogP contribution in [0.5, 0.6) is 0 Å². The summed E-state index contributed by atoms with van der Waals surface area (Å²) in [6.07, 6.45) is 2.75. The molecule has 0 saturated heterocycles. The molecule has 0 bridgehead atoms. The Morgan fingerprint density at radius 3 is 2.88 bits per heavy atom. The van der Waals surface area contributed by atoms with E-state index >= 15 is 0 Å². The fraction of sp³-hybridized carbons (Fsp3) is 0.273. The summed E-state index contributed by atoms with van der Waals surface area (Å²) in [5.74, 6) is -0.251. The monoisotopic (exact) mass is 361 g/mol. The molecule has 0 saturated carbocycles.